The molecule has 0 radical (unpaired) electrons. The third-order valence-electron chi connectivity index (χ3n) is 1.67. The van der Waals surface area contributed by atoms with Crippen LogP contribution in [0.15, 0.2) is 24.3 Å². The van der Waals surface area contributed by atoms with Gasteiger partial charge in [0.15, 0.2) is 0 Å². The number of hydrogen-bond donors (Lipinski definition) is 1. The lowest BCUT2D eigenvalue weighted by molar-refractivity contribution is -0.116. The molecule has 14 heavy (non-hydrogen) atoms. The van der Waals surface area contributed by atoms with Gasteiger partial charge in [0.2, 0.25) is 5.91 Å². The lowest BCUT2D eigenvalue weighted by Gasteiger charge is -2.03. The van der Waals surface area contributed by atoms with Gasteiger partial charge in [0.05, 0.1) is 0 Å². The average molecular weight is 216 g/mol. The number of nitrogens with one attached hydrogen (secondary N) is 1. The normalized spacial score (nSPS) is 9.86. The van der Waals surface area contributed by atoms with Gasteiger partial charge in [0.1, 0.15) is 5.82 Å². The van der Waals surface area contributed by atoms with Crippen LogP contribution in [0.3, 0.4) is 0 Å². The molecule has 0 aliphatic carbocycles. The number of alkyl halides is 1. The molecule has 0 aromatic heterocycles. The van der Waals surface area contributed by atoms with Gasteiger partial charge >= 0.3 is 0 Å². The summed E-state index contributed by atoms with van der Waals surface area (Å²) in [6, 6.07) is 5.65. The number of carbonyl (C=O) groups is 1. The summed E-state index contributed by atoms with van der Waals surface area (Å²) in [4.78, 5) is 11.2. The van der Waals surface area contributed by atoms with Crippen LogP contribution in [0.1, 0.15) is 12.8 Å². The Morgan fingerprint density at radius 3 is 2.57 bits per heavy atom. The van der Waals surface area contributed by atoms with Crippen LogP contribution in [0.5, 0.6) is 0 Å². The SMILES string of the molecule is O=C(CCCCl)Nc1ccc(F)cc1. The Hall–Kier alpha value is -1.09. The van der Waals surface area contributed by atoms with E-state index in [0.29, 0.717) is 24.4 Å². The summed E-state index contributed by atoms with van der Waals surface area (Å²) in [6.45, 7) is 0. The number of carbonyl (C=O) groups excluding carboxylic acids is 1. The van der Waals surface area contributed by atoms with Gasteiger partial charge in [-0.1, -0.05) is 0 Å². The van der Waals surface area contributed by atoms with E-state index >= 15 is 0 Å². The molecule has 1 rings (SSSR count). The highest BCUT2D eigenvalue weighted by Crippen LogP contribution is 2.08. The van der Waals surface area contributed by atoms with Crippen molar-refractivity contribution >= 4 is 23.2 Å². The fraction of sp³-hybridized carbons (Fsp3) is 0.300. The summed E-state index contributed by atoms with van der Waals surface area (Å²) in [5, 5.41) is 2.64. The molecular formula is C10H11ClFNO. The molecule has 0 aliphatic rings. The zero-order valence-electron chi connectivity index (χ0n) is 7.59. The number of halogens is 2. The Balaban J connectivity index is 2.44. The van der Waals surface area contributed by atoms with Gasteiger partial charge in [-0.05, 0) is 30.7 Å². The summed E-state index contributed by atoms with van der Waals surface area (Å²) in [6.07, 6.45) is 1.04. The molecule has 2 nitrogen and oxygen atoms in total. The van der Waals surface area contributed by atoms with E-state index in [9.17, 15) is 9.18 Å². The lowest BCUT2D eigenvalue weighted by atomic mass is 10.3. The number of rotatable bonds is 4. The first-order valence-corrected chi connectivity index (χ1v) is 4.87. The Labute approximate surface area is 87.1 Å². The standard InChI is InChI=1S/C10H11ClFNO/c11-7-1-2-10(14)13-9-5-3-8(12)4-6-9/h3-6H,1-2,7H2,(H,13,14). The molecule has 4 heteroatoms. The van der Waals surface area contributed by atoms with Crippen LogP contribution in [0.25, 0.3) is 0 Å². The summed E-state index contributed by atoms with van der Waals surface area (Å²) in [5.41, 5.74) is 0.603. The van der Waals surface area contributed by atoms with Crippen LogP contribution < -0.4 is 5.32 Å². The van der Waals surface area contributed by atoms with E-state index in [1.54, 1.807) is 0 Å². The molecule has 0 unspecified atom stereocenters. The number of anilines is 1. The van der Waals surface area contributed by atoms with E-state index in [-0.39, 0.29) is 11.7 Å². The van der Waals surface area contributed by atoms with Crippen molar-refractivity contribution in [2.75, 3.05) is 11.2 Å². The Morgan fingerprint density at radius 2 is 2.00 bits per heavy atom. The molecule has 1 amide bonds. The van der Waals surface area contributed by atoms with Crippen molar-refractivity contribution < 1.29 is 9.18 Å². The van der Waals surface area contributed by atoms with Crippen LogP contribution in [0.2, 0.25) is 0 Å². The molecule has 76 valence electrons. The highest BCUT2D eigenvalue weighted by Gasteiger charge is 2.01. The summed E-state index contributed by atoms with van der Waals surface area (Å²) >= 11 is 5.44. The van der Waals surface area contributed by atoms with E-state index in [0.717, 1.165) is 0 Å². The first kappa shape index (κ1) is 11.0. The van der Waals surface area contributed by atoms with E-state index in [1.807, 2.05) is 0 Å². The van der Waals surface area contributed by atoms with Crippen molar-refractivity contribution in [2.45, 2.75) is 12.8 Å². The summed E-state index contributed by atoms with van der Waals surface area (Å²) < 4.78 is 12.5. The summed E-state index contributed by atoms with van der Waals surface area (Å²) in [5.74, 6) is 0.0534. The molecule has 1 aromatic carbocycles. The molecule has 0 saturated heterocycles. The minimum absolute atomic E-state index is 0.0998. The second-order valence-corrected chi connectivity index (χ2v) is 3.23. The molecule has 1 aromatic rings. The van der Waals surface area contributed by atoms with Crippen LogP contribution in [-0.2, 0) is 4.79 Å². The molecular weight excluding hydrogens is 205 g/mol. The Morgan fingerprint density at radius 1 is 1.36 bits per heavy atom. The Bertz CT molecular complexity index is 299. The van der Waals surface area contributed by atoms with E-state index in [2.05, 4.69) is 5.32 Å². The van der Waals surface area contributed by atoms with Gasteiger partial charge in [0, 0.05) is 18.0 Å². The molecule has 0 heterocycles. The highest BCUT2D eigenvalue weighted by atomic mass is 35.5. The molecule has 0 saturated carbocycles. The zero-order valence-corrected chi connectivity index (χ0v) is 8.35. The topological polar surface area (TPSA) is 29.1 Å². The van der Waals surface area contributed by atoms with E-state index < -0.39 is 0 Å². The van der Waals surface area contributed by atoms with Gasteiger partial charge in [-0.3, -0.25) is 4.79 Å². The van der Waals surface area contributed by atoms with Gasteiger partial charge in [-0.2, -0.15) is 0 Å². The van der Waals surface area contributed by atoms with Gasteiger partial charge in [0.25, 0.3) is 0 Å². The van der Waals surface area contributed by atoms with Crippen LogP contribution >= 0.6 is 11.6 Å². The minimum Gasteiger partial charge on any atom is -0.326 e. The predicted octanol–water partition coefficient (Wildman–Crippen LogP) is 2.78. The first-order chi connectivity index (χ1) is 6.72. The molecule has 0 fully saturated rings. The van der Waals surface area contributed by atoms with Crippen LogP contribution in [-0.4, -0.2) is 11.8 Å². The maximum absolute atomic E-state index is 12.5. The number of amides is 1. The van der Waals surface area contributed by atoms with Crippen molar-refractivity contribution in [1.29, 1.82) is 0 Å². The fourth-order valence-corrected chi connectivity index (χ4v) is 1.12. The second-order valence-electron chi connectivity index (χ2n) is 2.85. The third kappa shape index (κ3) is 3.75. The molecule has 0 aliphatic heterocycles. The van der Waals surface area contributed by atoms with Crippen molar-refractivity contribution in [1.82, 2.24) is 0 Å². The first-order valence-electron chi connectivity index (χ1n) is 4.34. The second kappa shape index (κ2) is 5.60. The van der Waals surface area contributed by atoms with Crippen molar-refractivity contribution in [3.63, 3.8) is 0 Å². The number of benzene rings is 1. The minimum atomic E-state index is -0.316. The predicted molar refractivity (Wildman–Crippen MR) is 55.0 cm³/mol. The zero-order chi connectivity index (χ0) is 10.4. The molecule has 0 spiro atoms. The fourth-order valence-electron chi connectivity index (χ4n) is 0.984. The quantitative estimate of drug-likeness (QED) is 0.769. The van der Waals surface area contributed by atoms with Crippen molar-refractivity contribution in [2.24, 2.45) is 0 Å². The largest absolute Gasteiger partial charge is 0.326 e. The summed E-state index contributed by atoms with van der Waals surface area (Å²) in [7, 11) is 0. The third-order valence-corrected chi connectivity index (χ3v) is 1.93. The van der Waals surface area contributed by atoms with E-state index in [4.69, 9.17) is 11.6 Å². The van der Waals surface area contributed by atoms with Gasteiger partial charge in [-0.15, -0.1) is 11.6 Å². The molecule has 1 N–H and O–H groups in total. The van der Waals surface area contributed by atoms with Crippen molar-refractivity contribution in [3.8, 4) is 0 Å². The van der Waals surface area contributed by atoms with Crippen LogP contribution in [0.4, 0.5) is 10.1 Å². The lowest BCUT2D eigenvalue weighted by Crippen LogP contribution is -2.11. The van der Waals surface area contributed by atoms with E-state index in [1.165, 1.54) is 24.3 Å². The highest BCUT2D eigenvalue weighted by molar-refractivity contribution is 6.18. The Kier molecular flexibility index (Phi) is 4.40. The van der Waals surface area contributed by atoms with Crippen LogP contribution in [0, 0.1) is 5.82 Å². The average Bonchev–Trinajstić information content (AvgIpc) is 2.18. The maximum Gasteiger partial charge on any atom is 0.224 e. The number of hydrogen-bond acceptors (Lipinski definition) is 1. The molecule has 0 atom stereocenters. The smallest absolute Gasteiger partial charge is 0.224 e. The maximum atomic E-state index is 12.5. The molecule has 0 bridgehead atoms. The van der Waals surface area contributed by atoms with Gasteiger partial charge in [-0.25, -0.2) is 4.39 Å². The van der Waals surface area contributed by atoms with Gasteiger partial charge < -0.3 is 5.32 Å². The van der Waals surface area contributed by atoms with Crippen molar-refractivity contribution in [3.05, 3.63) is 30.1 Å². The monoisotopic (exact) mass is 215 g/mol.